The highest BCUT2D eigenvalue weighted by Gasteiger charge is 2.34. The summed E-state index contributed by atoms with van der Waals surface area (Å²) in [4.78, 5) is 59.0. The molecule has 0 fully saturated rings. The lowest BCUT2D eigenvalue weighted by Crippen LogP contribution is -2.62. The molecule has 0 radical (unpaired) electrons. The molecule has 0 spiro atoms. The van der Waals surface area contributed by atoms with E-state index >= 15 is 0 Å². The molecule has 0 aliphatic rings. The van der Waals surface area contributed by atoms with Crippen LogP contribution in [0.2, 0.25) is 0 Å². The number of carboxylic acids is 1. The Labute approximate surface area is 177 Å². The summed E-state index contributed by atoms with van der Waals surface area (Å²) < 4.78 is 0. The first kappa shape index (κ1) is 28.1. The van der Waals surface area contributed by atoms with Crippen molar-refractivity contribution < 1.29 is 49.5 Å². The fraction of sp³-hybridized carbons (Fsp3) is 0.688. The first-order valence-electron chi connectivity index (χ1n) is 9.09. The maximum absolute atomic E-state index is 12.5. The zero-order chi connectivity index (χ0) is 24.3. The van der Waals surface area contributed by atoms with E-state index in [0.717, 1.165) is 13.8 Å². The minimum atomic E-state index is -1.68. The fourth-order valence-electron chi connectivity index (χ4n) is 2.14. The number of nitrogens with one attached hydrogen (secondary N) is 4. The standard InChI is InChI=1S/C16H29N5O10/c1-6(24)11(15(30)18-3-10(26)27)21-16(31)12(7(2)25)20-14(29)9(5-23)19-13(28)8(17)4-22/h6-9,11-12,22-25H,3-5,17H2,1-2H3,(H,18,30)(H,19,28)(H,20,29)(H,21,31)(H,26,27)/t6-,7-,8+,9+,11+,12+/m1/s1. The average Bonchev–Trinajstić information content (AvgIpc) is 2.70. The van der Waals surface area contributed by atoms with Crippen molar-refractivity contribution in [2.45, 2.75) is 50.2 Å². The van der Waals surface area contributed by atoms with E-state index in [9.17, 15) is 39.3 Å². The Morgan fingerprint density at radius 1 is 0.774 bits per heavy atom. The van der Waals surface area contributed by atoms with E-state index in [0.29, 0.717) is 0 Å². The van der Waals surface area contributed by atoms with Crippen LogP contribution < -0.4 is 27.0 Å². The maximum atomic E-state index is 12.5. The highest BCUT2D eigenvalue weighted by Crippen LogP contribution is 2.00. The molecule has 0 saturated carbocycles. The summed E-state index contributed by atoms with van der Waals surface area (Å²) in [7, 11) is 0. The second-order valence-corrected chi connectivity index (χ2v) is 6.60. The van der Waals surface area contributed by atoms with Crippen LogP contribution in [0.1, 0.15) is 13.8 Å². The minimum Gasteiger partial charge on any atom is -0.480 e. The van der Waals surface area contributed by atoms with Crippen molar-refractivity contribution in [1.82, 2.24) is 21.3 Å². The van der Waals surface area contributed by atoms with E-state index in [1.54, 1.807) is 0 Å². The molecule has 11 N–H and O–H groups in total. The molecule has 178 valence electrons. The topological polar surface area (TPSA) is 261 Å². The fourth-order valence-corrected chi connectivity index (χ4v) is 2.14. The molecule has 15 heteroatoms. The van der Waals surface area contributed by atoms with Crippen LogP contribution in [0.25, 0.3) is 0 Å². The molecule has 0 bridgehead atoms. The van der Waals surface area contributed by atoms with E-state index < -0.39 is 85.7 Å². The Morgan fingerprint density at radius 3 is 1.68 bits per heavy atom. The molecule has 15 nitrogen and oxygen atoms in total. The Hall–Kier alpha value is -2.85. The lowest BCUT2D eigenvalue weighted by Gasteiger charge is -2.27. The Balaban J connectivity index is 5.28. The smallest absolute Gasteiger partial charge is 0.322 e. The van der Waals surface area contributed by atoms with Crippen LogP contribution in [0, 0.1) is 0 Å². The molecule has 0 aliphatic heterocycles. The van der Waals surface area contributed by atoms with Crippen molar-refractivity contribution in [2.24, 2.45) is 5.73 Å². The predicted octanol–water partition coefficient (Wildman–Crippen LogP) is -6.28. The average molecular weight is 451 g/mol. The Kier molecular flexibility index (Phi) is 12.2. The van der Waals surface area contributed by atoms with Gasteiger partial charge in [0.25, 0.3) is 0 Å². The number of rotatable bonds is 13. The van der Waals surface area contributed by atoms with Crippen LogP contribution in [0.4, 0.5) is 0 Å². The van der Waals surface area contributed by atoms with Gasteiger partial charge in [0, 0.05) is 0 Å². The SMILES string of the molecule is C[C@@H](O)[C@H](NC(=O)[C@H](CO)NC(=O)[C@@H](N)CO)C(=O)N[C@H](C(=O)NCC(=O)O)[C@@H](C)O. The third kappa shape index (κ3) is 9.67. The lowest BCUT2D eigenvalue weighted by atomic mass is 10.1. The summed E-state index contributed by atoms with van der Waals surface area (Å²) >= 11 is 0. The number of hydrogen-bond acceptors (Lipinski definition) is 10. The van der Waals surface area contributed by atoms with Crippen molar-refractivity contribution in [3.8, 4) is 0 Å². The number of aliphatic hydroxyl groups excluding tert-OH is 4. The molecule has 0 aromatic carbocycles. The number of carbonyl (C=O) groups excluding carboxylic acids is 4. The lowest BCUT2D eigenvalue weighted by molar-refractivity contribution is -0.140. The first-order chi connectivity index (χ1) is 14.3. The molecule has 0 rings (SSSR count). The summed E-state index contributed by atoms with van der Waals surface area (Å²) in [5.74, 6) is -5.56. The molecule has 0 saturated heterocycles. The summed E-state index contributed by atoms with van der Waals surface area (Å²) in [6, 6.07) is -6.24. The van der Waals surface area contributed by atoms with E-state index in [2.05, 4.69) is 10.6 Å². The van der Waals surface area contributed by atoms with Gasteiger partial charge in [0.1, 0.15) is 30.7 Å². The minimum absolute atomic E-state index is 0.727. The zero-order valence-electron chi connectivity index (χ0n) is 16.9. The van der Waals surface area contributed by atoms with Crippen molar-refractivity contribution in [3.63, 3.8) is 0 Å². The predicted molar refractivity (Wildman–Crippen MR) is 102 cm³/mol. The molecule has 0 aromatic heterocycles. The number of carboxylic acid groups (broad SMARTS) is 1. The third-order valence-corrected chi connectivity index (χ3v) is 3.89. The summed E-state index contributed by atoms with van der Waals surface area (Å²) in [5.41, 5.74) is 5.29. The van der Waals surface area contributed by atoms with Gasteiger partial charge in [-0.25, -0.2) is 0 Å². The van der Waals surface area contributed by atoms with Crippen LogP contribution in [0.5, 0.6) is 0 Å². The second-order valence-electron chi connectivity index (χ2n) is 6.60. The summed E-state index contributed by atoms with van der Waals surface area (Å²) in [5, 5.41) is 54.5. The van der Waals surface area contributed by atoms with Gasteiger partial charge in [-0.3, -0.25) is 24.0 Å². The molecule has 6 atom stereocenters. The van der Waals surface area contributed by atoms with Gasteiger partial charge in [-0.1, -0.05) is 0 Å². The van der Waals surface area contributed by atoms with Gasteiger partial charge >= 0.3 is 5.97 Å². The van der Waals surface area contributed by atoms with E-state index in [-0.39, 0.29) is 0 Å². The van der Waals surface area contributed by atoms with Crippen LogP contribution in [-0.2, 0) is 24.0 Å². The quantitative estimate of drug-likeness (QED) is 0.126. The van der Waals surface area contributed by atoms with Crippen molar-refractivity contribution in [1.29, 1.82) is 0 Å². The molecule has 0 heterocycles. The Morgan fingerprint density at radius 2 is 1.26 bits per heavy atom. The Bertz CT molecular complexity index is 657. The number of nitrogens with two attached hydrogens (primary N) is 1. The third-order valence-electron chi connectivity index (χ3n) is 3.89. The van der Waals surface area contributed by atoms with Crippen LogP contribution >= 0.6 is 0 Å². The van der Waals surface area contributed by atoms with E-state index in [1.807, 2.05) is 10.6 Å². The number of amides is 4. The van der Waals surface area contributed by atoms with Gasteiger partial charge in [-0.15, -0.1) is 0 Å². The van der Waals surface area contributed by atoms with Crippen molar-refractivity contribution in [2.75, 3.05) is 19.8 Å². The first-order valence-corrected chi connectivity index (χ1v) is 9.09. The number of aliphatic hydroxyl groups is 4. The van der Waals surface area contributed by atoms with Crippen molar-refractivity contribution >= 4 is 29.6 Å². The summed E-state index contributed by atoms with van der Waals surface area (Å²) in [6.07, 6.45) is -2.98. The van der Waals surface area contributed by atoms with E-state index in [1.165, 1.54) is 0 Å². The normalized spacial score (nSPS) is 16.6. The zero-order valence-corrected chi connectivity index (χ0v) is 16.9. The molecule has 31 heavy (non-hydrogen) atoms. The largest absolute Gasteiger partial charge is 0.480 e. The van der Waals surface area contributed by atoms with Gasteiger partial charge in [0.15, 0.2) is 0 Å². The van der Waals surface area contributed by atoms with Gasteiger partial charge in [0.2, 0.25) is 23.6 Å². The van der Waals surface area contributed by atoms with Crippen LogP contribution in [0.3, 0.4) is 0 Å². The van der Waals surface area contributed by atoms with Crippen LogP contribution in [0.15, 0.2) is 0 Å². The van der Waals surface area contributed by atoms with Gasteiger partial charge in [0.05, 0.1) is 25.4 Å². The maximum Gasteiger partial charge on any atom is 0.322 e. The molecule has 4 amide bonds. The van der Waals surface area contributed by atoms with Crippen LogP contribution in [-0.4, -0.2) is 111 Å². The number of aliphatic carboxylic acids is 1. The molecule has 0 aromatic rings. The van der Waals surface area contributed by atoms with Gasteiger partial charge in [-0.2, -0.15) is 0 Å². The molecule has 0 unspecified atom stereocenters. The highest BCUT2D eigenvalue weighted by molar-refractivity contribution is 5.95. The molecular weight excluding hydrogens is 422 g/mol. The number of carbonyl (C=O) groups is 5. The van der Waals surface area contributed by atoms with Crippen molar-refractivity contribution in [3.05, 3.63) is 0 Å². The van der Waals surface area contributed by atoms with Gasteiger partial charge in [-0.05, 0) is 13.8 Å². The van der Waals surface area contributed by atoms with Gasteiger partial charge < -0.3 is 52.5 Å². The second kappa shape index (κ2) is 13.5. The van der Waals surface area contributed by atoms with E-state index in [4.69, 9.17) is 15.9 Å². The molecule has 0 aliphatic carbocycles. The molecular formula is C16H29N5O10. The number of hydrogen-bond donors (Lipinski definition) is 10. The summed E-state index contributed by atoms with van der Waals surface area (Å²) in [6.45, 7) is -0.140. The monoisotopic (exact) mass is 451 g/mol. The highest BCUT2D eigenvalue weighted by atomic mass is 16.4.